The molecule has 0 aliphatic heterocycles. The average Bonchev–Trinajstić information content (AvgIpc) is 2.47. The highest BCUT2D eigenvalue weighted by molar-refractivity contribution is 9.10. The third-order valence-corrected chi connectivity index (χ3v) is 3.27. The van der Waals surface area contributed by atoms with Gasteiger partial charge in [-0.1, -0.05) is 0 Å². The second-order valence-electron chi connectivity index (χ2n) is 2.67. The number of aliphatic carboxylic acids is 1. The molecule has 0 bridgehead atoms. The molecule has 1 heterocycles. The summed E-state index contributed by atoms with van der Waals surface area (Å²) in [6.45, 7) is 2.23. The number of nitrogens with one attached hydrogen (secondary N) is 1. The Morgan fingerprint density at radius 3 is 3.00 bits per heavy atom. The molecule has 1 aromatic heterocycles. The molecule has 1 aromatic rings. The highest BCUT2D eigenvalue weighted by atomic mass is 79.9. The molecule has 0 fully saturated rings. The summed E-state index contributed by atoms with van der Waals surface area (Å²) in [6, 6.07) is 1.48. The van der Waals surface area contributed by atoms with Gasteiger partial charge in [0.15, 0.2) is 0 Å². The SMILES string of the molecule is C[C@@H](NCc1cc(Br)cs1)C(=O)O. The van der Waals surface area contributed by atoms with Gasteiger partial charge in [-0.15, -0.1) is 11.3 Å². The predicted octanol–water partition coefficient (Wildman–Crippen LogP) is 2.07. The van der Waals surface area contributed by atoms with Gasteiger partial charge < -0.3 is 5.11 Å². The Morgan fingerprint density at radius 2 is 2.54 bits per heavy atom. The van der Waals surface area contributed by atoms with E-state index < -0.39 is 12.0 Å². The second kappa shape index (κ2) is 4.74. The van der Waals surface area contributed by atoms with Crippen LogP contribution in [-0.4, -0.2) is 17.1 Å². The first-order valence-corrected chi connectivity index (χ1v) is 5.46. The van der Waals surface area contributed by atoms with E-state index in [1.54, 1.807) is 18.3 Å². The van der Waals surface area contributed by atoms with Gasteiger partial charge in [-0.05, 0) is 28.9 Å². The number of carboxylic acids is 1. The largest absolute Gasteiger partial charge is 0.480 e. The van der Waals surface area contributed by atoms with E-state index in [0.717, 1.165) is 9.35 Å². The summed E-state index contributed by atoms with van der Waals surface area (Å²) >= 11 is 4.94. The van der Waals surface area contributed by atoms with Crippen LogP contribution in [0, 0.1) is 0 Å². The molecule has 0 amide bonds. The lowest BCUT2D eigenvalue weighted by Crippen LogP contribution is -2.32. The Hall–Kier alpha value is -0.390. The molecule has 1 atom stereocenters. The lowest BCUT2D eigenvalue weighted by molar-refractivity contribution is -0.139. The molecule has 5 heteroatoms. The van der Waals surface area contributed by atoms with E-state index in [2.05, 4.69) is 21.2 Å². The first-order chi connectivity index (χ1) is 6.09. The molecular formula is C8H10BrNO2S. The van der Waals surface area contributed by atoms with Crippen LogP contribution < -0.4 is 5.32 Å². The van der Waals surface area contributed by atoms with E-state index in [0.29, 0.717) is 6.54 Å². The molecule has 0 radical (unpaired) electrons. The van der Waals surface area contributed by atoms with Crippen molar-refractivity contribution in [2.45, 2.75) is 19.5 Å². The summed E-state index contributed by atoms with van der Waals surface area (Å²) in [6.07, 6.45) is 0. The normalized spacial score (nSPS) is 12.8. The summed E-state index contributed by atoms with van der Waals surface area (Å²) in [5.74, 6) is -0.823. The quantitative estimate of drug-likeness (QED) is 0.875. The van der Waals surface area contributed by atoms with Crippen molar-refractivity contribution in [2.75, 3.05) is 0 Å². The number of thiophene rings is 1. The average molecular weight is 264 g/mol. The Kier molecular flexibility index (Phi) is 3.90. The maximum absolute atomic E-state index is 10.5. The van der Waals surface area contributed by atoms with Gasteiger partial charge in [0.1, 0.15) is 6.04 Å². The van der Waals surface area contributed by atoms with Crippen molar-refractivity contribution < 1.29 is 9.90 Å². The number of rotatable bonds is 4. The van der Waals surface area contributed by atoms with Crippen molar-refractivity contribution in [3.8, 4) is 0 Å². The Bertz CT molecular complexity index is 300. The summed E-state index contributed by atoms with van der Waals surface area (Å²) in [5, 5.41) is 13.5. The van der Waals surface area contributed by atoms with Crippen molar-refractivity contribution in [1.82, 2.24) is 5.32 Å². The van der Waals surface area contributed by atoms with E-state index in [4.69, 9.17) is 5.11 Å². The molecule has 1 rings (SSSR count). The van der Waals surface area contributed by atoms with Crippen LogP contribution >= 0.6 is 27.3 Å². The zero-order valence-corrected chi connectivity index (χ0v) is 9.48. The van der Waals surface area contributed by atoms with E-state index in [1.807, 2.05) is 11.4 Å². The van der Waals surface area contributed by atoms with E-state index >= 15 is 0 Å². The Morgan fingerprint density at radius 1 is 1.85 bits per heavy atom. The minimum atomic E-state index is -0.823. The fourth-order valence-electron chi connectivity index (χ4n) is 0.788. The van der Waals surface area contributed by atoms with Crippen LogP contribution in [-0.2, 0) is 11.3 Å². The molecule has 3 nitrogen and oxygen atoms in total. The van der Waals surface area contributed by atoms with Gasteiger partial charge in [0.2, 0.25) is 0 Å². The number of hydrogen-bond acceptors (Lipinski definition) is 3. The molecule has 2 N–H and O–H groups in total. The minimum absolute atomic E-state index is 0.499. The van der Waals surface area contributed by atoms with Gasteiger partial charge in [0.05, 0.1) is 0 Å². The van der Waals surface area contributed by atoms with Crippen molar-refractivity contribution in [1.29, 1.82) is 0 Å². The summed E-state index contributed by atoms with van der Waals surface area (Å²) < 4.78 is 1.04. The van der Waals surface area contributed by atoms with Crippen LogP contribution in [0.25, 0.3) is 0 Å². The van der Waals surface area contributed by atoms with Gasteiger partial charge in [-0.2, -0.15) is 0 Å². The highest BCUT2D eigenvalue weighted by Gasteiger charge is 2.09. The van der Waals surface area contributed by atoms with Gasteiger partial charge in [0, 0.05) is 21.3 Å². The molecule has 0 aliphatic carbocycles. The predicted molar refractivity (Wildman–Crippen MR) is 56.0 cm³/mol. The Labute approximate surface area is 88.9 Å². The number of carbonyl (C=O) groups is 1. The number of carboxylic acid groups (broad SMARTS) is 1. The molecule has 0 aromatic carbocycles. The van der Waals surface area contributed by atoms with E-state index in [1.165, 1.54) is 0 Å². The van der Waals surface area contributed by atoms with Gasteiger partial charge in [-0.3, -0.25) is 10.1 Å². The molecule has 0 saturated carbocycles. The lowest BCUT2D eigenvalue weighted by atomic mass is 10.3. The second-order valence-corrected chi connectivity index (χ2v) is 4.58. The van der Waals surface area contributed by atoms with Crippen LogP contribution in [0.1, 0.15) is 11.8 Å². The van der Waals surface area contributed by atoms with Crippen molar-refractivity contribution >= 4 is 33.2 Å². The molecule has 72 valence electrons. The first-order valence-electron chi connectivity index (χ1n) is 3.78. The van der Waals surface area contributed by atoms with Crippen LogP contribution in [0.15, 0.2) is 15.9 Å². The number of halogens is 1. The van der Waals surface area contributed by atoms with Crippen molar-refractivity contribution in [3.63, 3.8) is 0 Å². The summed E-state index contributed by atoms with van der Waals surface area (Å²) in [5.41, 5.74) is 0. The smallest absolute Gasteiger partial charge is 0.320 e. The lowest BCUT2D eigenvalue weighted by Gasteiger charge is -2.06. The standard InChI is InChI=1S/C8H10BrNO2S/c1-5(8(11)12)10-3-7-2-6(9)4-13-7/h2,4-5,10H,3H2,1H3,(H,11,12)/t5-/m1/s1. The van der Waals surface area contributed by atoms with Crippen molar-refractivity contribution in [2.24, 2.45) is 0 Å². The summed E-state index contributed by atoms with van der Waals surface area (Å²) in [7, 11) is 0. The molecular weight excluding hydrogens is 254 g/mol. The van der Waals surface area contributed by atoms with Crippen LogP contribution in [0.5, 0.6) is 0 Å². The fraction of sp³-hybridized carbons (Fsp3) is 0.375. The topological polar surface area (TPSA) is 49.3 Å². The molecule has 0 aliphatic rings. The minimum Gasteiger partial charge on any atom is -0.480 e. The van der Waals surface area contributed by atoms with E-state index in [9.17, 15) is 4.79 Å². The third kappa shape index (κ3) is 3.46. The number of hydrogen-bond donors (Lipinski definition) is 2. The zero-order valence-electron chi connectivity index (χ0n) is 7.08. The van der Waals surface area contributed by atoms with Gasteiger partial charge in [0.25, 0.3) is 0 Å². The molecule has 0 saturated heterocycles. The van der Waals surface area contributed by atoms with Crippen LogP contribution in [0.2, 0.25) is 0 Å². The van der Waals surface area contributed by atoms with Crippen molar-refractivity contribution in [3.05, 3.63) is 20.8 Å². The van der Waals surface area contributed by atoms with Crippen LogP contribution in [0.3, 0.4) is 0 Å². The van der Waals surface area contributed by atoms with Gasteiger partial charge in [-0.25, -0.2) is 0 Å². The van der Waals surface area contributed by atoms with Crippen LogP contribution in [0.4, 0.5) is 0 Å². The van der Waals surface area contributed by atoms with Gasteiger partial charge >= 0.3 is 5.97 Å². The first kappa shape index (κ1) is 10.7. The highest BCUT2D eigenvalue weighted by Crippen LogP contribution is 2.19. The molecule has 0 spiro atoms. The summed E-state index contributed by atoms with van der Waals surface area (Å²) in [4.78, 5) is 11.6. The van der Waals surface area contributed by atoms with E-state index in [-0.39, 0.29) is 0 Å². The zero-order chi connectivity index (χ0) is 9.84. The third-order valence-electron chi connectivity index (χ3n) is 1.57. The monoisotopic (exact) mass is 263 g/mol. The Balaban J connectivity index is 2.39. The maximum atomic E-state index is 10.5. The fourth-order valence-corrected chi connectivity index (χ4v) is 2.19. The molecule has 0 unspecified atom stereocenters. The maximum Gasteiger partial charge on any atom is 0.320 e. The molecule has 13 heavy (non-hydrogen) atoms.